The van der Waals surface area contributed by atoms with Crippen molar-refractivity contribution in [3.05, 3.63) is 35.4 Å². The fourth-order valence-corrected chi connectivity index (χ4v) is 4.67. The van der Waals surface area contributed by atoms with Gasteiger partial charge in [-0.05, 0) is 43.1 Å². The number of amides is 1. The lowest BCUT2D eigenvalue weighted by Gasteiger charge is -2.18. The SMILES string of the molecule is CCNC(=NCc1ccccc1CN1CCCC1=O)NCC1CCCS1.I. The molecule has 2 fully saturated rings. The van der Waals surface area contributed by atoms with E-state index in [2.05, 4.69) is 47.5 Å². The Kier molecular flexibility index (Phi) is 9.75. The number of likely N-dealkylation sites (tertiary alicyclic amines) is 1. The van der Waals surface area contributed by atoms with Gasteiger partial charge in [-0.25, -0.2) is 4.99 Å². The summed E-state index contributed by atoms with van der Waals surface area (Å²) in [7, 11) is 0. The van der Waals surface area contributed by atoms with E-state index in [4.69, 9.17) is 4.99 Å². The van der Waals surface area contributed by atoms with E-state index in [1.165, 1.54) is 29.7 Å². The summed E-state index contributed by atoms with van der Waals surface area (Å²) in [5.74, 6) is 2.43. The Morgan fingerprint density at radius 3 is 2.74 bits per heavy atom. The van der Waals surface area contributed by atoms with Gasteiger partial charge in [-0.3, -0.25) is 4.79 Å². The second-order valence-corrected chi connectivity index (χ2v) is 8.31. The first-order chi connectivity index (χ1) is 12.8. The highest BCUT2D eigenvalue weighted by molar-refractivity contribution is 14.0. The molecule has 1 aromatic carbocycles. The molecule has 150 valence electrons. The number of thioether (sulfide) groups is 1. The fraction of sp³-hybridized carbons (Fsp3) is 0.600. The molecule has 0 radical (unpaired) electrons. The van der Waals surface area contributed by atoms with Gasteiger partial charge in [0.2, 0.25) is 5.91 Å². The summed E-state index contributed by atoms with van der Waals surface area (Å²) < 4.78 is 0. The van der Waals surface area contributed by atoms with Gasteiger partial charge >= 0.3 is 0 Å². The van der Waals surface area contributed by atoms with E-state index in [1.54, 1.807) is 0 Å². The van der Waals surface area contributed by atoms with E-state index in [0.717, 1.165) is 32.0 Å². The van der Waals surface area contributed by atoms with Crippen LogP contribution in [0, 0.1) is 0 Å². The number of nitrogens with one attached hydrogen (secondary N) is 2. The zero-order valence-corrected chi connectivity index (χ0v) is 19.2. The number of carbonyl (C=O) groups excluding carboxylic acids is 1. The van der Waals surface area contributed by atoms with Gasteiger partial charge in [0.1, 0.15) is 0 Å². The highest BCUT2D eigenvalue weighted by atomic mass is 127. The predicted molar refractivity (Wildman–Crippen MR) is 125 cm³/mol. The predicted octanol–water partition coefficient (Wildman–Crippen LogP) is 3.38. The number of hydrogen-bond acceptors (Lipinski definition) is 3. The lowest BCUT2D eigenvalue weighted by Crippen LogP contribution is -2.40. The molecule has 2 N–H and O–H groups in total. The molecule has 2 saturated heterocycles. The average Bonchev–Trinajstić information content (AvgIpc) is 3.31. The van der Waals surface area contributed by atoms with E-state index in [9.17, 15) is 4.79 Å². The van der Waals surface area contributed by atoms with Crippen molar-refractivity contribution in [1.82, 2.24) is 15.5 Å². The van der Waals surface area contributed by atoms with Crippen LogP contribution in [-0.4, -0.2) is 47.4 Å². The van der Waals surface area contributed by atoms with Crippen molar-refractivity contribution in [2.45, 2.75) is 50.9 Å². The molecule has 7 heteroatoms. The molecule has 1 amide bonds. The second kappa shape index (κ2) is 11.8. The number of rotatable bonds is 7. The van der Waals surface area contributed by atoms with E-state index in [-0.39, 0.29) is 29.9 Å². The summed E-state index contributed by atoms with van der Waals surface area (Å²) in [6.45, 7) is 6.13. The first kappa shape index (κ1) is 22.3. The number of aliphatic imine (C=N–C) groups is 1. The maximum atomic E-state index is 11.9. The van der Waals surface area contributed by atoms with Crippen molar-refractivity contribution in [2.24, 2.45) is 4.99 Å². The zero-order chi connectivity index (χ0) is 18.2. The van der Waals surface area contributed by atoms with Gasteiger partial charge in [-0.2, -0.15) is 11.8 Å². The molecular formula is C20H31IN4OS. The van der Waals surface area contributed by atoms with Crippen LogP contribution in [-0.2, 0) is 17.9 Å². The van der Waals surface area contributed by atoms with Crippen LogP contribution in [0.2, 0.25) is 0 Å². The number of benzene rings is 1. The summed E-state index contributed by atoms with van der Waals surface area (Å²) in [6, 6.07) is 8.33. The molecule has 0 aliphatic carbocycles. The maximum Gasteiger partial charge on any atom is 0.222 e. The topological polar surface area (TPSA) is 56.7 Å². The van der Waals surface area contributed by atoms with Gasteiger partial charge in [0.05, 0.1) is 6.54 Å². The van der Waals surface area contributed by atoms with Crippen molar-refractivity contribution in [3.8, 4) is 0 Å². The highest BCUT2D eigenvalue weighted by Gasteiger charge is 2.21. The molecule has 2 heterocycles. The van der Waals surface area contributed by atoms with E-state index in [0.29, 0.717) is 24.8 Å². The average molecular weight is 502 g/mol. The van der Waals surface area contributed by atoms with Crippen LogP contribution in [0.4, 0.5) is 0 Å². The number of nitrogens with zero attached hydrogens (tertiary/aromatic N) is 2. The normalized spacial score (nSPS) is 19.9. The van der Waals surface area contributed by atoms with Gasteiger partial charge in [0.15, 0.2) is 5.96 Å². The van der Waals surface area contributed by atoms with Gasteiger partial charge in [0.25, 0.3) is 0 Å². The molecular weight excluding hydrogens is 471 g/mol. The molecule has 1 atom stereocenters. The molecule has 27 heavy (non-hydrogen) atoms. The molecule has 2 aliphatic heterocycles. The van der Waals surface area contributed by atoms with Crippen molar-refractivity contribution < 1.29 is 4.79 Å². The molecule has 0 bridgehead atoms. The fourth-order valence-electron chi connectivity index (χ4n) is 3.46. The minimum Gasteiger partial charge on any atom is -0.357 e. The van der Waals surface area contributed by atoms with E-state index >= 15 is 0 Å². The third-order valence-corrected chi connectivity index (χ3v) is 6.32. The van der Waals surface area contributed by atoms with E-state index < -0.39 is 0 Å². The van der Waals surface area contributed by atoms with Gasteiger partial charge < -0.3 is 15.5 Å². The Bertz CT molecular complexity index is 634. The highest BCUT2D eigenvalue weighted by Crippen LogP contribution is 2.25. The molecule has 2 aliphatic rings. The number of guanidine groups is 1. The summed E-state index contributed by atoms with van der Waals surface area (Å²) in [5, 5.41) is 7.53. The quantitative estimate of drug-likeness (QED) is 0.341. The molecule has 3 rings (SSSR count). The molecule has 0 spiro atoms. The molecule has 5 nitrogen and oxygen atoms in total. The summed E-state index contributed by atoms with van der Waals surface area (Å²) in [4.78, 5) is 18.7. The largest absolute Gasteiger partial charge is 0.357 e. The molecule has 1 aromatic rings. The summed E-state index contributed by atoms with van der Waals surface area (Å²) in [5.41, 5.74) is 2.40. The van der Waals surface area contributed by atoms with Gasteiger partial charge in [-0.1, -0.05) is 24.3 Å². The van der Waals surface area contributed by atoms with Gasteiger partial charge in [-0.15, -0.1) is 24.0 Å². The van der Waals surface area contributed by atoms with Crippen LogP contribution in [0.3, 0.4) is 0 Å². The Labute approximate surface area is 184 Å². The van der Waals surface area contributed by atoms with Crippen molar-refractivity contribution in [3.63, 3.8) is 0 Å². The zero-order valence-electron chi connectivity index (χ0n) is 16.1. The van der Waals surface area contributed by atoms with Crippen LogP contribution in [0.5, 0.6) is 0 Å². The Morgan fingerprint density at radius 2 is 2.07 bits per heavy atom. The number of carbonyl (C=O) groups is 1. The lowest BCUT2D eigenvalue weighted by molar-refractivity contribution is -0.128. The summed E-state index contributed by atoms with van der Waals surface area (Å²) >= 11 is 2.05. The lowest BCUT2D eigenvalue weighted by atomic mass is 10.1. The second-order valence-electron chi connectivity index (χ2n) is 6.90. The van der Waals surface area contributed by atoms with Crippen molar-refractivity contribution >= 4 is 47.6 Å². The third kappa shape index (κ3) is 6.85. The van der Waals surface area contributed by atoms with E-state index in [1.807, 2.05) is 11.0 Å². The van der Waals surface area contributed by atoms with Crippen LogP contribution >= 0.6 is 35.7 Å². The minimum absolute atomic E-state index is 0. The van der Waals surface area contributed by atoms with Crippen molar-refractivity contribution in [2.75, 3.05) is 25.4 Å². The monoisotopic (exact) mass is 502 g/mol. The molecule has 0 aromatic heterocycles. The van der Waals surface area contributed by atoms with Gasteiger partial charge in [0, 0.05) is 37.8 Å². The van der Waals surface area contributed by atoms with Crippen LogP contribution < -0.4 is 10.6 Å². The van der Waals surface area contributed by atoms with Crippen LogP contribution in [0.15, 0.2) is 29.3 Å². The Balaban J connectivity index is 0.00000261. The third-order valence-electron chi connectivity index (χ3n) is 4.92. The standard InChI is InChI=1S/C20H30N4OS.HI/c1-2-21-20(23-14-18-9-6-12-26-18)22-13-16-7-3-4-8-17(16)15-24-11-5-10-19(24)25;/h3-4,7-8,18H,2,5-6,9-15H2,1H3,(H2,21,22,23);1H. The van der Waals surface area contributed by atoms with Crippen LogP contribution in [0.1, 0.15) is 43.7 Å². The molecule has 0 saturated carbocycles. The van der Waals surface area contributed by atoms with Crippen molar-refractivity contribution in [1.29, 1.82) is 0 Å². The summed E-state index contributed by atoms with van der Waals surface area (Å²) in [6.07, 6.45) is 4.29. The first-order valence-electron chi connectivity index (χ1n) is 9.74. The van der Waals surface area contributed by atoms with Crippen LogP contribution in [0.25, 0.3) is 0 Å². The number of hydrogen-bond donors (Lipinski definition) is 2. The Morgan fingerprint density at radius 1 is 1.26 bits per heavy atom. The smallest absolute Gasteiger partial charge is 0.222 e. The first-order valence-corrected chi connectivity index (χ1v) is 10.8. The molecule has 1 unspecified atom stereocenters. The minimum atomic E-state index is 0. The Hall–Kier alpha value is -0.960. The number of halogens is 1. The maximum absolute atomic E-state index is 11.9.